The molecule has 2 aromatic rings. The average Bonchev–Trinajstić information content (AvgIpc) is 2.83. The van der Waals surface area contributed by atoms with Crippen molar-refractivity contribution in [2.45, 2.75) is 45.6 Å². The summed E-state index contributed by atoms with van der Waals surface area (Å²) in [6.07, 6.45) is 2.95. The zero-order valence-electron chi connectivity index (χ0n) is 13.9. The highest BCUT2D eigenvalue weighted by atomic mass is 15.2. The molecule has 0 saturated heterocycles. The molecule has 1 N–H and O–H groups in total. The monoisotopic (exact) mass is 285 g/mol. The SMILES string of the molecule is CC(NCCc1ccn(C)n1)c1ccc(C(C)(C)C)cc1. The molecule has 0 spiro atoms. The molecule has 2 rings (SSSR count). The van der Waals surface area contributed by atoms with Crippen molar-refractivity contribution < 1.29 is 0 Å². The Labute approximate surface area is 128 Å². The number of benzene rings is 1. The second kappa shape index (κ2) is 6.44. The first-order chi connectivity index (χ1) is 9.86. The summed E-state index contributed by atoms with van der Waals surface area (Å²) in [6.45, 7) is 9.90. The van der Waals surface area contributed by atoms with Crippen molar-refractivity contribution in [1.82, 2.24) is 15.1 Å². The molecule has 114 valence electrons. The van der Waals surface area contributed by atoms with E-state index in [1.807, 2.05) is 17.9 Å². The summed E-state index contributed by atoms with van der Waals surface area (Å²) in [5.41, 5.74) is 4.07. The van der Waals surface area contributed by atoms with Crippen LogP contribution in [0.25, 0.3) is 0 Å². The van der Waals surface area contributed by atoms with Crippen LogP contribution in [0.2, 0.25) is 0 Å². The van der Waals surface area contributed by atoms with Gasteiger partial charge in [0.15, 0.2) is 0 Å². The van der Waals surface area contributed by atoms with E-state index >= 15 is 0 Å². The minimum absolute atomic E-state index is 0.216. The summed E-state index contributed by atoms with van der Waals surface area (Å²) < 4.78 is 1.85. The van der Waals surface area contributed by atoms with Crippen LogP contribution in [0.4, 0.5) is 0 Å². The molecule has 0 aliphatic heterocycles. The Morgan fingerprint density at radius 2 is 1.81 bits per heavy atom. The van der Waals surface area contributed by atoms with Gasteiger partial charge in [0, 0.05) is 32.3 Å². The van der Waals surface area contributed by atoms with Gasteiger partial charge in [0.1, 0.15) is 0 Å². The van der Waals surface area contributed by atoms with Crippen molar-refractivity contribution in [3.8, 4) is 0 Å². The molecule has 1 atom stereocenters. The summed E-state index contributed by atoms with van der Waals surface area (Å²) in [5.74, 6) is 0. The predicted octanol–water partition coefficient (Wildman–Crippen LogP) is 3.61. The van der Waals surface area contributed by atoms with E-state index in [-0.39, 0.29) is 5.41 Å². The summed E-state index contributed by atoms with van der Waals surface area (Å²) >= 11 is 0. The number of nitrogens with one attached hydrogen (secondary N) is 1. The van der Waals surface area contributed by atoms with E-state index < -0.39 is 0 Å². The Kier molecular flexibility index (Phi) is 4.84. The van der Waals surface area contributed by atoms with Crippen LogP contribution >= 0.6 is 0 Å². The van der Waals surface area contributed by atoms with Crippen molar-refractivity contribution in [3.63, 3.8) is 0 Å². The highest BCUT2D eigenvalue weighted by molar-refractivity contribution is 5.29. The smallest absolute Gasteiger partial charge is 0.0637 e. The fraction of sp³-hybridized carbons (Fsp3) is 0.500. The van der Waals surface area contributed by atoms with Gasteiger partial charge in [-0.2, -0.15) is 5.10 Å². The Morgan fingerprint density at radius 1 is 1.14 bits per heavy atom. The molecule has 0 bridgehead atoms. The molecule has 0 saturated carbocycles. The fourth-order valence-corrected chi connectivity index (χ4v) is 2.40. The van der Waals surface area contributed by atoms with Crippen LogP contribution in [0, 0.1) is 0 Å². The maximum absolute atomic E-state index is 4.40. The number of nitrogens with zero attached hydrogens (tertiary/aromatic N) is 2. The van der Waals surface area contributed by atoms with E-state index in [4.69, 9.17) is 0 Å². The van der Waals surface area contributed by atoms with E-state index in [1.54, 1.807) is 0 Å². The van der Waals surface area contributed by atoms with E-state index in [2.05, 4.69) is 68.4 Å². The molecule has 1 heterocycles. The van der Waals surface area contributed by atoms with Crippen LogP contribution in [0.15, 0.2) is 36.5 Å². The van der Waals surface area contributed by atoms with Gasteiger partial charge in [-0.25, -0.2) is 0 Å². The lowest BCUT2D eigenvalue weighted by Crippen LogP contribution is -2.21. The van der Waals surface area contributed by atoms with Gasteiger partial charge >= 0.3 is 0 Å². The van der Waals surface area contributed by atoms with Crippen molar-refractivity contribution in [3.05, 3.63) is 53.3 Å². The number of aryl methyl sites for hydroxylation is 1. The first-order valence-corrected chi connectivity index (χ1v) is 7.68. The van der Waals surface area contributed by atoms with Gasteiger partial charge in [0.25, 0.3) is 0 Å². The highest BCUT2D eigenvalue weighted by Gasteiger charge is 2.13. The molecule has 3 heteroatoms. The van der Waals surface area contributed by atoms with E-state index in [9.17, 15) is 0 Å². The van der Waals surface area contributed by atoms with E-state index in [0.29, 0.717) is 6.04 Å². The van der Waals surface area contributed by atoms with Gasteiger partial charge in [-0.15, -0.1) is 0 Å². The van der Waals surface area contributed by atoms with Crippen molar-refractivity contribution in [1.29, 1.82) is 0 Å². The largest absolute Gasteiger partial charge is 0.310 e. The Balaban J connectivity index is 1.87. The summed E-state index contributed by atoms with van der Waals surface area (Å²) in [6, 6.07) is 11.4. The van der Waals surface area contributed by atoms with Crippen LogP contribution in [0.1, 0.15) is 50.6 Å². The normalized spacial score (nSPS) is 13.4. The van der Waals surface area contributed by atoms with Gasteiger partial charge in [0.05, 0.1) is 5.69 Å². The van der Waals surface area contributed by atoms with Crippen molar-refractivity contribution in [2.24, 2.45) is 7.05 Å². The van der Waals surface area contributed by atoms with Gasteiger partial charge in [-0.05, 0) is 29.5 Å². The lowest BCUT2D eigenvalue weighted by atomic mass is 9.86. The van der Waals surface area contributed by atoms with Crippen LogP contribution in [0.5, 0.6) is 0 Å². The summed E-state index contributed by atoms with van der Waals surface area (Å²) in [5, 5.41) is 7.96. The third-order valence-corrected chi connectivity index (χ3v) is 3.88. The molecule has 3 nitrogen and oxygen atoms in total. The quantitative estimate of drug-likeness (QED) is 0.909. The van der Waals surface area contributed by atoms with Crippen LogP contribution in [-0.2, 0) is 18.9 Å². The summed E-state index contributed by atoms with van der Waals surface area (Å²) in [4.78, 5) is 0. The van der Waals surface area contributed by atoms with Crippen molar-refractivity contribution >= 4 is 0 Å². The van der Waals surface area contributed by atoms with Gasteiger partial charge in [-0.1, -0.05) is 45.0 Å². The standard InChI is InChI=1S/C18H27N3/c1-14(19-12-10-17-11-13-21(5)20-17)15-6-8-16(9-7-15)18(2,3)4/h6-9,11,13-14,19H,10,12H2,1-5H3. The molecule has 0 fully saturated rings. The average molecular weight is 285 g/mol. The maximum atomic E-state index is 4.40. The first-order valence-electron chi connectivity index (χ1n) is 7.68. The molecular formula is C18H27N3. The van der Waals surface area contributed by atoms with Gasteiger partial charge < -0.3 is 5.32 Å². The molecule has 0 radical (unpaired) electrons. The Morgan fingerprint density at radius 3 is 2.33 bits per heavy atom. The summed E-state index contributed by atoms with van der Waals surface area (Å²) in [7, 11) is 1.95. The third-order valence-electron chi connectivity index (χ3n) is 3.88. The fourth-order valence-electron chi connectivity index (χ4n) is 2.40. The number of hydrogen-bond acceptors (Lipinski definition) is 2. The zero-order valence-corrected chi connectivity index (χ0v) is 13.9. The molecule has 0 amide bonds. The molecule has 1 aromatic carbocycles. The maximum Gasteiger partial charge on any atom is 0.0637 e. The second-order valence-corrected chi connectivity index (χ2v) is 6.78. The topological polar surface area (TPSA) is 29.9 Å². The Bertz CT molecular complexity index is 561. The van der Waals surface area contributed by atoms with Crippen LogP contribution < -0.4 is 5.32 Å². The lowest BCUT2D eigenvalue weighted by Gasteiger charge is -2.20. The van der Waals surface area contributed by atoms with Gasteiger partial charge in [0.2, 0.25) is 0 Å². The minimum Gasteiger partial charge on any atom is -0.310 e. The third kappa shape index (κ3) is 4.43. The zero-order chi connectivity index (χ0) is 15.5. The van der Waals surface area contributed by atoms with Crippen LogP contribution in [-0.4, -0.2) is 16.3 Å². The Hall–Kier alpha value is -1.61. The second-order valence-electron chi connectivity index (χ2n) is 6.78. The number of aromatic nitrogens is 2. The number of hydrogen-bond donors (Lipinski definition) is 1. The van der Waals surface area contributed by atoms with Crippen LogP contribution in [0.3, 0.4) is 0 Å². The molecule has 21 heavy (non-hydrogen) atoms. The highest BCUT2D eigenvalue weighted by Crippen LogP contribution is 2.23. The van der Waals surface area contributed by atoms with E-state index in [1.165, 1.54) is 11.1 Å². The van der Waals surface area contributed by atoms with Crippen molar-refractivity contribution in [2.75, 3.05) is 6.54 Å². The molecule has 0 aliphatic rings. The number of rotatable bonds is 5. The lowest BCUT2D eigenvalue weighted by molar-refractivity contribution is 0.567. The first kappa shape index (κ1) is 15.8. The molecule has 0 aliphatic carbocycles. The molecular weight excluding hydrogens is 258 g/mol. The van der Waals surface area contributed by atoms with E-state index in [0.717, 1.165) is 18.7 Å². The molecule has 1 unspecified atom stereocenters. The molecule has 1 aromatic heterocycles. The van der Waals surface area contributed by atoms with Gasteiger partial charge in [-0.3, -0.25) is 4.68 Å². The predicted molar refractivity (Wildman–Crippen MR) is 88.5 cm³/mol. The minimum atomic E-state index is 0.216.